The van der Waals surface area contributed by atoms with Crippen LogP contribution in [0.4, 0.5) is 0 Å². The van der Waals surface area contributed by atoms with Crippen LogP contribution < -0.4 is 42.5 Å². The van der Waals surface area contributed by atoms with Gasteiger partial charge >= 0.3 is 23.9 Å². The highest BCUT2D eigenvalue weighted by Crippen LogP contribution is 2.57. The quantitative estimate of drug-likeness (QED) is 0.0245. The number of benzene rings is 4. The van der Waals surface area contributed by atoms with Gasteiger partial charge in [0.25, 0.3) is 0 Å². The number of hydrogen-bond donors (Lipinski definition) is 8. The van der Waals surface area contributed by atoms with E-state index in [9.17, 15) is 58.8 Å². The Morgan fingerprint density at radius 2 is 0.487 bits per heavy atom. The molecule has 25 heteroatoms. The van der Waals surface area contributed by atoms with E-state index in [4.69, 9.17) is 23.7 Å². The Bertz CT molecular complexity index is 4040. The average molecular weight is 1650 g/mol. The molecule has 10 aliphatic carbocycles. The molecule has 4 amide bonds. The Hall–Kier alpha value is -7.10. The summed E-state index contributed by atoms with van der Waals surface area (Å²) in [4.78, 5) is 108. The van der Waals surface area contributed by atoms with Crippen molar-refractivity contribution in [2.75, 3.05) is 0 Å². The van der Waals surface area contributed by atoms with Crippen LogP contribution >= 0.6 is 14.3 Å². The maximum Gasteiger partial charge on any atom is 0.307 e. The minimum atomic E-state index is -3.38. The van der Waals surface area contributed by atoms with E-state index in [0.717, 1.165) is 105 Å². The zero-order chi connectivity index (χ0) is 81.7. The molecule has 0 bridgehead atoms. The molecule has 117 heavy (non-hydrogen) atoms. The Kier molecular flexibility index (Phi) is 29.5. The van der Waals surface area contributed by atoms with Crippen LogP contribution in [0, 0.1) is 47.3 Å². The van der Waals surface area contributed by atoms with Crippen molar-refractivity contribution in [1.82, 2.24) is 21.3 Å². The third-order valence-corrected chi connectivity index (χ3v) is 35.8. The molecule has 24 unspecified atom stereocenters. The number of hydrogen-bond acceptors (Lipinski definition) is 15. The Morgan fingerprint density at radius 3 is 0.778 bits per heavy atom. The first-order valence-corrected chi connectivity index (χ1v) is 48.0. The van der Waals surface area contributed by atoms with E-state index in [0.29, 0.717) is 122 Å². The first-order chi connectivity index (χ1) is 56.6. The van der Waals surface area contributed by atoms with Gasteiger partial charge in [-0.15, -0.1) is 0 Å². The second kappa shape index (κ2) is 40.1. The molecule has 4 aromatic carbocycles. The second-order valence-corrected chi connectivity index (χ2v) is 42.1. The summed E-state index contributed by atoms with van der Waals surface area (Å²) < 4.78 is 68.1. The van der Waals surface area contributed by atoms with Crippen LogP contribution in [0.25, 0.3) is 0 Å². The zero-order valence-electron chi connectivity index (χ0n) is 67.7. The summed E-state index contributed by atoms with van der Waals surface area (Å²) in [6.45, 7) is 0. The van der Waals surface area contributed by atoms with Crippen molar-refractivity contribution in [2.45, 2.75) is 328 Å². The first-order valence-electron chi connectivity index (χ1n) is 44.5. The molecule has 14 rings (SSSR count). The van der Waals surface area contributed by atoms with Crippen molar-refractivity contribution < 1.29 is 91.6 Å². The summed E-state index contributed by atoms with van der Waals surface area (Å²) >= 11 is 0. The number of carbonyl (C=O) groups excluding carboxylic acids is 4. The Balaban J connectivity index is 0.599. The average Bonchev–Trinajstić information content (AvgIpc) is 0.755. The van der Waals surface area contributed by atoms with Gasteiger partial charge in [-0.1, -0.05) is 147 Å². The van der Waals surface area contributed by atoms with Crippen molar-refractivity contribution >= 4 is 83.0 Å². The summed E-state index contributed by atoms with van der Waals surface area (Å²) in [5.41, 5.74) is -0.800. The van der Waals surface area contributed by atoms with Gasteiger partial charge in [-0.25, -0.2) is 0 Å². The smallest absolute Gasteiger partial charge is 0.307 e. The molecule has 636 valence electrons. The highest BCUT2D eigenvalue weighted by atomic mass is 31.2. The molecule has 0 aromatic heterocycles. The Labute approximate surface area is 688 Å². The van der Waals surface area contributed by atoms with Crippen LogP contribution in [0.5, 0.6) is 0 Å². The minimum Gasteiger partial charge on any atom is -0.481 e. The van der Waals surface area contributed by atoms with Crippen molar-refractivity contribution in [3.05, 3.63) is 121 Å². The topological polar surface area (TPSA) is 346 Å². The first kappa shape index (κ1) is 86.3. The van der Waals surface area contributed by atoms with Crippen LogP contribution in [0.15, 0.2) is 121 Å². The van der Waals surface area contributed by atoms with Gasteiger partial charge in [0, 0.05) is 69.5 Å². The summed E-state index contributed by atoms with van der Waals surface area (Å²) in [7, 11) is -6.73. The molecule has 10 fully saturated rings. The van der Waals surface area contributed by atoms with E-state index >= 15 is 9.13 Å². The lowest BCUT2D eigenvalue weighted by atomic mass is 9.75. The monoisotopic (exact) mass is 1650 g/mol. The van der Waals surface area contributed by atoms with Gasteiger partial charge < -0.3 is 74.5 Å². The third kappa shape index (κ3) is 21.1. The van der Waals surface area contributed by atoms with E-state index in [1.54, 1.807) is 0 Å². The molecule has 8 N–H and O–H groups in total. The van der Waals surface area contributed by atoms with Crippen LogP contribution in [-0.2, 0) is 71.2 Å². The van der Waals surface area contributed by atoms with Gasteiger partial charge in [-0.05, 0) is 193 Å². The predicted octanol–water partition coefficient (Wildman–Crippen LogP) is 12.9. The van der Waals surface area contributed by atoms with Crippen molar-refractivity contribution in [3.63, 3.8) is 0 Å². The zero-order valence-corrected chi connectivity index (χ0v) is 69.5. The molecule has 0 heterocycles. The lowest BCUT2D eigenvalue weighted by Crippen LogP contribution is -2.50. The maximum atomic E-state index is 16.3. The fourth-order valence-corrected chi connectivity index (χ4v) is 29.4. The largest absolute Gasteiger partial charge is 0.481 e. The van der Waals surface area contributed by atoms with E-state index < -0.39 is 121 Å². The molecule has 10 saturated carbocycles. The van der Waals surface area contributed by atoms with Gasteiger partial charge in [0.15, 0.2) is 0 Å². The summed E-state index contributed by atoms with van der Waals surface area (Å²) in [6, 6.07) is 37.6. The van der Waals surface area contributed by atoms with E-state index in [-0.39, 0.29) is 110 Å². The van der Waals surface area contributed by atoms with E-state index in [1.165, 1.54) is 0 Å². The van der Waals surface area contributed by atoms with E-state index in [2.05, 4.69) is 21.3 Å². The van der Waals surface area contributed by atoms with Gasteiger partial charge in [0.1, 0.15) is 14.3 Å². The number of aliphatic carboxylic acids is 4. The standard InChI is InChI=1S/C92H124N4O19P2/c97-85(73-37-13-15-39-75(73)89(101)102)93-57-21-17-25-61(49-57)111-67-43-47-84(117(110,71-33-9-3-10-34-71)72-35-11-4-12-36-72)82(55-67)115-64-28-20-24-60(52-64)96-88(100)80-54-66(42-46-78(80)92(107)108)113-65-41-45-77(91(105)106)79(53-65)87(99)95-58-22-18-26-62(50-58)112-68-44-48-83(116(109,69-29-5-1-6-30-69)70-31-7-2-8-32-70)81(56-68)114-63-27-19-23-59(51-63)94-86(98)74-38-14-16-40-76(74)90(103)104/h1-12,29-36,57-68,73-84H,13-28,37-56H2,(H,93,97)(H,94,98)(H,95,99)(H,96,100)(H,101,102)(H,103,104)(H,105,106)(H,107,108). The van der Waals surface area contributed by atoms with Crippen LogP contribution in [0.2, 0.25) is 0 Å². The van der Waals surface area contributed by atoms with Crippen LogP contribution in [-0.4, -0.2) is 164 Å². The van der Waals surface area contributed by atoms with Crippen molar-refractivity contribution in [1.29, 1.82) is 0 Å². The number of rotatable bonds is 28. The highest BCUT2D eigenvalue weighted by molar-refractivity contribution is 7.79. The fourth-order valence-electron chi connectivity index (χ4n) is 22.5. The SMILES string of the molecule is O=C(O)C1CCCCC1C(=O)NC1CCCC(OC2CCC(P(=O)(c3ccccc3)c3ccccc3)C(OC3CCCC(NC(=O)C4CC(OC5CCC(C(=O)O)C(C(=O)NC6CCCC(OC7CCC(P(=O)(c8ccccc8)c8ccccc8)C(OC8CCCC(NC(=O)C9CCCCC9C(=O)O)C8)C7)C6)C5)CCC4C(=O)O)C3)C2)C1. The van der Waals surface area contributed by atoms with Crippen LogP contribution in [0.3, 0.4) is 0 Å². The number of carboxylic acids is 4. The third-order valence-electron chi connectivity index (χ3n) is 28.4. The molecule has 0 spiro atoms. The van der Waals surface area contributed by atoms with E-state index in [1.807, 2.05) is 121 Å². The summed E-state index contributed by atoms with van der Waals surface area (Å²) in [5.74, 6) is -11.4. The molecule has 0 saturated heterocycles. The molecular weight excluding hydrogens is 1530 g/mol. The van der Waals surface area contributed by atoms with Gasteiger partial charge in [0.05, 0.1) is 108 Å². The second-order valence-electron chi connectivity index (χ2n) is 36.0. The normalized spacial score (nSPS) is 34.6. The predicted molar refractivity (Wildman–Crippen MR) is 443 cm³/mol. The summed E-state index contributed by atoms with van der Waals surface area (Å²) in [5, 5.41) is 57.4. The molecule has 4 aromatic rings. The van der Waals surface area contributed by atoms with Gasteiger partial charge in [-0.3, -0.25) is 38.4 Å². The molecular formula is C92H124N4O19P2. The van der Waals surface area contributed by atoms with Crippen LogP contribution in [0.1, 0.15) is 231 Å². The number of nitrogens with one attached hydrogen (secondary N) is 4. The molecule has 10 aliphatic rings. The summed E-state index contributed by atoms with van der Waals surface area (Å²) in [6.07, 6.45) is 17.5. The molecule has 24 atom stereocenters. The lowest BCUT2D eigenvalue weighted by Gasteiger charge is -2.44. The molecule has 0 aliphatic heterocycles. The van der Waals surface area contributed by atoms with Crippen molar-refractivity contribution in [3.8, 4) is 0 Å². The maximum absolute atomic E-state index is 16.3. The Morgan fingerprint density at radius 1 is 0.248 bits per heavy atom. The number of amides is 4. The highest BCUT2D eigenvalue weighted by Gasteiger charge is 2.52. The van der Waals surface area contributed by atoms with Gasteiger partial charge in [-0.2, -0.15) is 0 Å². The molecule has 23 nitrogen and oxygen atoms in total. The minimum absolute atomic E-state index is 0.126. The number of ether oxygens (including phenoxy) is 5. The van der Waals surface area contributed by atoms with Crippen molar-refractivity contribution in [2.24, 2.45) is 47.3 Å². The lowest BCUT2D eigenvalue weighted by molar-refractivity contribution is -0.157. The molecule has 0 radical (unpaired) electrons. The number of carboxylic acid groups (broad SMARTS) is 4. The van der Waals surface area contributed by atoms with Gasteiger partial charge in [0.2, 0.25) is 23.6 Å². The fraction of sp³-hybridized carbons (Fsp3) is 0.652. The number of carbonyl (C=O) groups is 8.